The highest BCUT2D eigenvalue weighted by Gasteiger charge is 2.26. The number of aromatic nitrogens is 1. The molecule has 0 spiro atoms. The number of thiazole rings is 1. The maximum absolute atomic E-state index is 12.5. The number of carbonyl (C=O) groups is 2. The molecule has 1 aromatic heterocycles. The third kappa shape index (κ3) is 4.79. The van der Waals surface area contributed by atoms with Crippen LogP contribution in [0.4, 0.5) is 0 Å². The van der Waals surface area contributed by atoms with Crippen molar-refractivity contribution in [2.75, 3.05) is 32.7 Å². The summed E-state index contributed by atoms with van der Waals surface area (Å²) in [6, 6.07) is 0. The second-order valence-electron chi connectivity index (χ2n) is 7.03. The van der Waals surface area contributed by atoms with Gasteiger partial charge in [-0.25, -0.2) is 4.98 Å². The van der Waals surface area contributed by atoms with Crippen molar-refractivity contribution >= 4 is 23.2 Å². The monoisotopic (exact) mass is 364 g/mol. The first-order valence-electron chi connectivity index (χ1n) is 9.39. The van der Waals surface area contributed by atoms with Crippen molar-refractivity contribution < 1.29 is 9.59 Å². The molecule has 1 saturated carbocycles. The van der Waals surface area contributed by atoms with Crippen LogP contribution in [0.1, 0.15) is 54.0 Å². The number of hydrogen-bond acceptors (Lipinski definition) is 5. The van der Waals surface area contributed by atoms with Crippen molar-refractivity contribution in [3.8, 4) is 0 Å². The number of rotatable bonds is 6. The van der Waals surface area contributed by atoms with E-state index in [2.05, 4.69) is 4.98 Å². The van der Waals surface area contributed by atoms with Gasteiger partial charge in [0.2, 0.25) is 5.91 Å². The van der Waals surface area contributed by atoms with Crippen LogP contribution in [0.2, 0.25) is 0 Å². The lowest BCUT2D eigenvalue weighted by Gasteiger charge is -2.34. The van der Waals surface area contributed by atoms with E-state index in [0.29, 0.717) is 51.3 Å². The minimum atomic E-state index is -0.0300. The van der Waals surface area contributed by atoms with Crippen molar-refractivity contribution in [3.63, 3.8) is 0 Å². The van der Waals surface area contributed by atoms with Crippen molar-refractivity contribution in [1.29, 1.82) is 0 Å². The molecular formula is C18H28N4O2S. The fourth-order valence-electron chi connectivity index (χ4n) is 3.75. The Balaban J connectivity index is 1.44. The SMILES string of the molecule is NCCc1nc(C(=O)N2CCN(C(=O)CCC3CCCC3)CC2)cs1. The average molecular weight is 365 g/mol. The van der Waals surface area contributed by atoms with E-state index in [-0.39, 0.29) is 11.8 Å². The predicted octanol–water partition coefficient (Wildman–Crippen LogP) is 1.90. The molecule has 2 heterocycles. The number of piperazine rings is 1. The summed E-state index contributed by atoms with van der Waals surface area (Å²) in [7, 11) is 0. The van der Waals surface area contributed by atoms with Crippen molar-refractivity contribution in [2.45, 2.75) is 44.9 Å². The molecular weight excluding hydrogens is 336 g/mol. The van der Waals surface area contributed by atoms with Gasteiger partial charge in [-0.05, 0) is 18.9 Å². The van der Waals surface area contributed by atoms with Gasteiger partial charge in [-0.15, -0.1) is 11.3 Å². The predicted molar refractivity (Wildman–Crippen MR) is 98.5 cm³/mol. The van der Waals surface area contributed by atoms with Crippen molar-refractivity contribution in [1.82, 2.24) is 14.8 Å². The van der Waals surface area contributed by atoms with E-state index in [1.54, 1.807) is 0 Å². The molecule has 1 aliphatic carbocycles. The first-order valence-corrected chi connectivity index (χ1v) is 10.3. The van der Waals surface area contributed by atoms with Crippen molar-refractivity contribution in [2.24, 2.45) is 11.7 Å². The van der Waals surface area contributed by atoms with E-state index < -0.39 is 0 Å². The molecule has 1 aromatic rings. The zero-order valence-corrected chi connectivity index (χ0v) is 15.6. The van der Waals surface area contributed by atoms with E-state index in [4.69, 9.17) is 5.73 Å². The Labute approximate surface area is 153 Å². The number of hydrogen-bond donors (Lipinski definition) is 1. The highest BCUT2D eigenvalue weighted by Crippen LogP contribution is 2.28. The molecule has 2 amide bonds. The second kappa shape index (κ2) is 8.76. The number of amides is 2. The van der Waals surface area contributed by atoms with Crippen LogP contribution in [0.5, 0.6) is 0 Å². The Bertz CT molecular complexity index is 590. The quantitative estimate of drug-likeness (QED) is 0.836. The van der Waals surface area contributed by atoms with Gasteiger partial charge in [-0.3, -0.25) is 9.59 Å². The lowest BCUT2D eigenvalue weighted by Crippen LogP contribution is -2.50. The molecule has 6 nitrogen and oxygen atoms in total. The summed E-state index contributed by atoms with van der Waals surface area (Å²) < 4.78 is 0. The minimum Gasteiger partial charge on any atom is -0.339 e. The molecule has 0 aromatic carbocycles. The highest BCUT2D eigenvalue weighted by atomic mass is 32.1. The van der Waals surface area contributed by atoms with Crippen LogP contribution in [-0.4, -0.2) is 59.3 Å². The van der Waals surface area contributed by atoms with Gasteiger partial charge in [0.1, 0.15) is 5.69 Å². The number of carbonyl (C=O) groups excluding carboxylic acids is 2. The van der Waals surface area contributed by atoms with Crippen LogP contribution in [0, 0.1) is 5.92 Å². The van der Waals surface area contributed by atoms with E-state index in [9.17, 15) is 9.59 Å². The Morgan fingerprint density at radius 1 is 1.16 bits per heavy atom. The van der Waals surface area contributed by atoms with Crippen LogP contribution in [0.15, 0.2) is 5.38 Å². The Hall–Kier alpha value is -1.47. The Morgan fingerprint density at radius 3 is 2.52 bits per heavy atom. The first kappa shape index (κ1) is 18.3. The first-order chi connectivity index (χ1) is 12.2. The molecule has 7 heteroatoms. The molecule has 0 atom stereocenters. The summed E-state index contributed by atoms with van der Waals surface area (Å²) in [4.78, 5) is 33.0. The van der Waals surface area contributed by atoms with E-state index in [1.807, 2.05) is 15.2 Å². The van der Waals surface area contributed by atoms with Crippen molar-refractivity contribution in [3.05, 3.63) is 16.1 Å². The number of nitrogens with two attached hydrogens (primary N) is 1. The summed E-state index contributed by atoms with van der Waals surface area (Å²) in [5.41, 5.74) is 6.04. The highest BCUT2D eigenvalue weighted by molar-refractivity contribution is 7.09. The van der Waals surface area contributed by atoms with Gasteiger partial charge < -0.3 is 15.5 Å². The molecule has 3 rings (SSSR count). The molecule has 1 aliphatic heterocycles. The summed E-state index contributed by atoms with van der Waals surface area (Å²) in [6.07, 6.45) is 7.62. The second-order valence-corrected chi connectivity index (χ2v) is 7.97. The van der Waals surface area contributed by atoms with E-state index in [1.165, 1.54) is 37.0 Å². The molecule has 138 valence electrons. The molecule has 0 radical (unpaired) electrons. The molecule has 1 saturated heterocycles. The third-order valence-corrected chi connectivity index (χ3v) is 6.20. The van der Waals surface area contributed by atoms with Crippen LogP contribution in [0.25, 0.3) is 0 Å². The topological polar surface area (TPSA) is 79.5 Å². The van der Waals surface area contributed by atoms with E-state index >= 15 is 0 Å². The lowest BCUT2D eigenvalue weighted by molar-refractivity contribution is -0.133. The molecule has 2 aliphatic rings. The van der Waals surface area contributed by atoms with Gasteiger partial charge in [-0.2, -0.15) is 0 Å². The largest absolute Gasteiger partial charge is 0.339 e. The summed E-state index contributed by atoms with van der Waals surface area (Å²) >= 11 is 1.49. The minimum absolute atomic E-state index is 0.0300. The number of nitrogens with zero attached hydrogens (tertiary/aromatic N) is 3. The molecule has 0 unspecified atom stereocenters. The van der Waals surface area contributed by atoms with Gasteiger partial charge >= 0.3 is 0 Å². The van der Waals surface area contributed by atoms with Crippen LogP contribution < -0.4 is 5.73 Å². The maximum Gasteiger partial charge on any atom is 0.273 e. The van der Waals surface area contributed by atoms with Gasteiger partial charge in [0, 0.05) is 44.4 Å². The van der Waals surface area contributed by atoms with Crippen LogP contribution >= 0.6 is 11.3 Å². The Kier molecular flexibility index (Phi) is 6.42. The summed E-state index contributed by atoms with van der Waals surface area (Å²) in [6.45, 7) is 3.00. The molecule has 0 bridgehead atoms. The summed E-state index contributed by atoms with van der Waals surface area (Å²) in [5.74, 6) is 0.967. The third-order valence-electron chi connectivity index (χ3n) is 5.29. The van der Waals surface area contributed by atoms with Gasteiger partial charge in [0.25, 0.3) is 5.91 Å². The average Bonchev–Trinajstić information content (AvgIpc) is 3.31. The van der Waals surface area contributed by atoms with Gasteiger partial charge in [0.15, 0.2) is 0 Å². The molecule has 25 heavy (non-hydrogen) atoms. The maximum atomic E-state index is 12.5. The van der Waals surface area contributed by atoms with Crippen LogP contribution in [-0.2, 0) is 11.2 Å². The molecule has 2 N–H and O–H groups in total. The normalized spacial score (nSPS) is 18.8. The van der Waals surface area contributed by atoms with Gasteiger partial charge in [0.05, 0.1) is 5.01 Å². The standard InChI is InChI=1S/C18H28N4O2S/c19-8-7-16-20-15(13-25-16)18(24)22-11-9-21(10-12-22)17(23)6-5-14-3-1-2-4-14/h13-14H,1-12,19H2. The lowest BCUT2D eigenvalue weighted by atomic mass is 10.0. The van der Waals surface area contributed by atoms with E-state index in [0.717, 1.165) is 17.3 Å². The van der Waals surface area contributed by atoms with Gasteiger partial charge in [-0.1, -0.05) is 25.7 Å². The smallest absolute Gasteiger partial charge is 0.273 e. The zero-order chi connectivity index (χ0) is 17.6. The fraction of sp³-hybridized carbons (Fsp3) is 0.722. The zero-order valence-electron chi connectivity index (χ0n) is 14.8. The van der Waals surface area contributed by atoms with Crippen LogP contribution in [0.3, 0.4) is 0 Å². The Morgan fingerprint density at radius 2 is 1.84 bits per heavy atom. The fourth-order valence-corrected chi connectivity index (χ4v) is 4.54. The molecule has 2 fully saturated rings. The summed E-state index contributed by atoms with van der Waals surface area (Å²) in [5, 5.41) is 2.72.